The summed E-state index contributed by atoms with van der Waals surface area (Å²) in [6.07, 6.45) is 8.99. The maximum Gasteiger partial charge on any atom is 0.229 e. The molecule has 1 aliphatic rings. The molecule has 6 heteroatoms. The van der Waals surface area contributed by atoms with Gasteiger partial charge in [-0.25, -0.2) is 0 Å². The first-order chi connectivity index (χ1) is 12.6. The van der Waals surface area contributed by atoms with Crippen molar-refractivity contribution in [3.8, 4) is 5.75 Å². The second-order valence-electron chi connectivity index (χ2n) is 6.00. The highest BCUT2D eigenvalue weighted by molar-refractivity contribution is 5.96. The van der Waals surface area contributed by atoms with Gasteiger partial charge in [0.25, 0.3) is 0 Å². The van der Waals surface area contributed by atoms with Crippen LogP contribution < -0.4 is 15.4 Å². The number of aliphatic imine (C=N–C) groups is 1. The first-order valence-corrected chi connectivity index (χ1v) is 8.63. The molecular formula is C20H25N3O3. The van der Waals surface area contributed by atoms with Gasteiger partial charge in [0.05, 0.1) is 7.11 Å². The van der Waals surface area contributed by atoms with Crippen LogP contribution in [0, 0.1) is 6.92 Å². The van der Waals surface area contributed by atoms with E-state index in [1.54, 1.807) is 7.11 Å². The molecule has 0 unspecified atom stereocenters. The third-order valence-corrected chi connectivity index (χ3v) is 3.87. The number of nitrogens with zero attached hydrogens (tertiary/aromatic N) is 1. The first kappa shape index (κ1) is 19.4. The lowest BCUT2D eigenvalue weighted by Gasteiger charge is -2.11. The van der Waals surface area contributed by atoms with Crippen molar-refractivity contribution in [2.75, 3.05) is 13.7 Å². The van der Waals surface area contributed by atoms with E-state index in [4.69, 9.17) is 4.74 Å². The molecule has 1 aromatic rings. The van der Waals surface area contributed by atoms with Crippen molar-refractivity contribution in [2.45, 2.75) is 32.7 Å². The van der Waals surface area contributed by atoms with E-state index in [9.17, 15) is 9.59 Å². The van der Waals surface area contributed by atoms with Crippen LogP contribution in [-0.2, 0) is 16.1 Å². The number of carbonyl (C=O) groups is 2. The molecular weight excluding hydrogens is 330 g/mol. The summed E-state index contributed by atoms with van der Waals surface area (Å²) in [5, 5.41) is 5.49. The number of amides is 2. The van der Waals surface area contributed by atoms with E-state index in [-0.39, 0.29) is 18.2 Å². The van der Waals surface area contributed by atoms with Crippen molar-refractivity contribution in [3.63, 3.8) is 0 Å². The number of allylic oxidation sites excluding steroid dienone is 3. The average molecular weight is 355 g/mol. The van der Waals surface area contributed by atoms with Gasteiger partial charge in [0.15, 0.2) is 0 Å². The lowest BCUT2D eigenvalue weighted by Crippen LogP contribution is -2.32. The summed E-state index contributed by atoms with van der Waals surface area (Å²) in [7, 11) is 1.59. The molecule has 6 nitrogen and oxygen atoms in total. The minimum Gasteiger partial charge on any atom is -0.496 e. The number of benzene rings is 1. The number of hydrogen-bond acceptors (Lipinski definition) is 4. The van der Waals surface area contributed by atoms with Gasteiger partial charge in [0.2, 0.25) is 11.8 Å². The van der Waals surface area contributed by atoms with E-state index < -0.39 is 0 Å². The van der Waals surface area contributed by atoms with Crippen molar-refractivity contribution in [3.05, 3.63) is 53.3 Å². The molecule has 2 N–H and O–H groups in total. The predicted octanol–water partition coefficient (Wildman–Crippen LogP) is 2.43. The smallest absolute Gasteiger partial charge is 0.229 e. The van der Waals surface area contributed by atoms with Gasteiger partial charge >= 0.3 is 0 Å². The predicted molar refractivity (Wildman–Crippen MR) is 102 cm³/mol. The molecule has 0 saturated carbocycles. The van der Waals surface area contributed by atoms with Crippen LogP contribution in [0.15, 0.2) is 47.1 Å². The van der Waals surface area contributed by atoms with Crippen LogP contribution >= 0.6 is 0 Å². The Morgan fingerprint density at radius 1 is 1.23 bits per heavy atom. The minimum absolute atomic E-state index is 0.198. The quantitative estimate of drug-likeness (QED) is 0.703. The van der Waals surface area contributed by atoms with Crippen LogP contribution in [-0.4, -0.2) is 31.7 Å². The largest absolute Gasteiger partial charge is 0.496 e. The topological polar surface area (TPSA) is 79.8 Å². The Balaban J connectivity index is 1.71. The number of methoxy groups -OCH3 is 1. The van der Waals surface area contributed by atoms with Crippen LogP contribution in [0.3, 0.4) is 0 Å². The summed E-state index contributed by atoms with van der Waals surface area (Å²) in [5.41, 5.74) is 2.87. The van der Waals surface area contributed by atoms with Crippen LogP contribution in [0.1, 0.15) is 30.4 Å². The van der Waals surface area contributed by atoms with Gasteiger partial charge in [0.1, 0.15) is 12.2 Å². The van der Waals surface area contributed by atoms with Gasteiger partial charge in [-0.1, -0.05) is 24.3 Å². The summed E-state index contributed by atoms with van der Waals surface area (Å²) in [6.45, 7) is 2.75. The highest BCUT2D eigenvalue weighted by atomic mass is 16.5. The molecule has 0 aliphatic carbocycles. The second kappa shape index (κ2) is 10.2. The van der Waals surface area contributed by atoms with Crippen molar-refractivity contribution in [1.82, 2.24) is 10.6 Å². The Morgan fingerprint density at radius 2 is 2.04 bits per heavy atom. The molecule has 0 radical (unpaired) electrons. The fourth-order valence-electron chi connectivity index (χ4n) is 2.47. The van der Waals surface area contributed by atoms with E-state index >= 15 is 0 Å². The average Bonchev–Trinajstić information content (AvgIpc) is 2.89. The van der Waals surface area contributed by atoms with Crippen molar-refractivity contribution >= 4 is 18.0 Å². The fourth-order valence-corrected chi connectivity index (χ4v) is 2.47. The van der Waals surface area contributed by atoms with Gasteiger partial charge in [-0.05, 0) is 24.6 Å². The van der Waals surface area contributed by atoms with E-state index in [0.717, 1.165) is 29.0 Å². The summed E-state index contributed by atoms with van der Waals surface area (Å²) in [5.74, 6) is 0.105. The molecule has 0 fully saturated rings. The first-order valence-electron chi connectivity index (χ1n) is 8.63. The summed E-state index contributed by atoms with van der Waals surface area (Å²) in [6, 6.07) is 5.77. The summed E-state index contributed by atoms with van der Waals surface area (Å²) in [4.78, 5) is 28.1. The van der Waals surface area contributed by atoms with Gasteiger partial charge in [-0.15, -0.1) is 0 Å². The van der Waals surface area contributed by atoms with Crippen molar-refractivity contribution < 1.29 is 14.3 Å². The van der Waals surface area contributed by atoms with Crippen LogP contribution in [0.2, 0.25) is 0 Å². The molecule has 138 valence electrons. The van der Waals surface area contributed by atoms with E-state index in [1.165, 1.54) is 0 Å². The zero-order chi connectivity index (χ0) is 18.8. The van der Waals surface area contributed by atoms with Gasteiger partial charge in [-0.3, -0.25) is 14.6 Å². The van der Waals surface area contributed by atoms with Crippen LogP contribution in [0.5, 0.6) is 5.75 Å². The number of ether oxygens (including phenoxy) is 1. The number of nitrogens with one attached hydrogen (secondary N) is 2. The molecule has 0 bridgehead atoms. The molecule has 0 saturated heterocycles. The van der Waals surface area contributed by atoms with Gasteiger partial charge in [-0.2, -0.15) is 0 Å². The molecule has 2 rings (SSSR count). The molecule has 1 aromatic carbocycles. The van der Waals surface area contributed by atoms with E-state index in [1.807, 2.05) is 49.6 Å². The number of rotatable bonds is 8. The van der Waals surface area contributed by atoms with E-state index in [0.29, 0.717) is 19.5 Å². The SMILES string of the molecule is COc1cc(C)ccc1CNC(=O)CC(=O)NCCC1=CC=CCC=N1. The maximum absolute atomic E-state index is 11.9. The highest BCUT2D eigenvalue weighted by Crippen LogP contribution is 2.19. The standard InChI is InChI=1S/C20H25N3O3/c1-15-7-8-16(18(12-15)26-2)14-23-20(25)13-19(24)22-11-9-17-6-4-3-5-10-21-17/h3-4,6-8,10,12H,5,9,11,13-14H2,1-2H3,(H,22,24)(H,23,25). The molecule has 0 atom stereocenters. The highest BCUT2D eigenvalue weighted by Gasteiger charge is 2.10. The monoisotopic (exact) mass is 355 g/mol. The molecule has 2 amide bonds. The molecule has 0 spiro atoms. The Labute approximate surface area is 154 Å². The maximum atomic E-state index is 11.9. The van der Waals surface area contributed by atoms with Crippen molar-refractivity contribution in [2.24, 2.45) is 4.99 Å². The van der Waals surface area contributed by atoms with Gasteiger partial charge in [0, 0.05) is 43.4 Å². The zero-order valence-corrected chi connectivity index (χ0v) is 15.2. The lowest BCUT2D eigenvalue weighted by atomic mass is 10.1. The Kier molecular flexibility index (Phi) is 7.61. The minimum atomic E-state index is -0.320. The molecule has 1 aliphatic heterocycles. The third kappa shape index (κ3) is 6.55. The summed E-state index contributed by atoms with van der Waals surface area (Å²) >= 11 is 0. The molecule has 26 heavy (non-hydrogen) atoms. The lowest BCUT2D eigenvalue weighted by molar-refractivity contribution is -0.129. The second-order valence-corrected chi connectivity index (χ2v) is 6.00. The Morgan fingerprint density at radius 3 is 2.85 bits per heavy atom. The Hall–Kier alpha value is -2.89. The Bertz CT molecular complexity index is 736. The number of aryl methyl sites for hydroxylation is 1. The van der Waals surface area contributed by atoms with Crippen LogP contribution in [0.4, 0.5) is 0 Å². The normalized spacial score (nSPS) is 12.9. The third-order valence-electron chi connectivity index (χ3n) is 3.87. The van der Waals surface area contributed by atoms with Crippen molar-refractivity contribution in [1.29, 1.82) is 0 Å². The van der Waals surface area contributed by atoms with E-state index in [2.05, 4.69) is 15.6 Å². The zero-order valence-electron chi connectivity index (χ0n) is 15.2. The fraction of sp³-hybridized carbons (Fsp3) is 0.350. The van der Waals surface area contributed by atoms with Gasteiger partial charge < -0.3 is 15.4 Å². The van der Waals surface area contributed by atoms with Crippen LogP contribution in [0.25, 0.3) is 0 Å². The molecule has 1 heterocycles. The number of carbonyl (C=O) groups excluding carboxylic acids is 2. The summed E-state index contributed by atoms with van der Waals surface area (Å²) < 4.78 is 5.31. The molecule has 0 aromatic heterocycles. The number of hydrogen-bond donors (Lipinski definition) is 2.